The number of aromatic amines is 1. The molecule has 12 heteroatoms. The average Bonchev–Trinajstić information content (AvgIpc) is 2.68. The fourth-order valence-corrected chi connectivity index (χ4v) is 5.19. The Kier molecular flexibility index (Phi) is 4.22. The SMILES string of the molecule is O=S(=O)(Cl)c1c(Br)c(Br)c(Br)c2[nH]c(C(F)(F)F)nc12. The fourth-order valence-electron chi connectivity index (χ4n) is 1.46. The lowest BCUT2D eigenvalue weighted by atomic mass is 10.3. The predicted molar refractivity (Wildman–Crippen MR) is 77.2 cm³/mol. The summed E-state index contributed by atoms with van der Waals surface area (Å²) in [5.41, 5.74) is -0.541. The highest BCUT2D eigenvalue weighted by atomic mass is 79.9. The maximum absolute atomic E-state index is 12.7. The van der Waals surface area contributed by atoms with Gasteiger partial charge >= 0.3 is 6.18 Å². The Labute approximate surface area is 139 Å². The first-order valence-electron chi connectivity index (χ1n) is 4.52. The van der Waals surface area contributed by atoms with Crippen molar-refractivity contribution in [1.29, 1.82) is 0 Å². The Balaban J connectivity index is 3.03. The zero-order valence-corrected chi connectivity index (χ0v) is 15.1. The molecule has 0 saturated carbocycles. The number of aromatic nitrogens is 2. The first-order chi connectivity index (χ1) is 8.94. The van der Waals surface area contributed by atoms with E-state index < -0.39 is 31.5 Å². The van der Waals surface area contributed by atoms with Crippen molar-refractivity contribution in [3.63, 3.8) is 0 Å². The van der Waals surface area contributed by atoms with E-state index in [1.807, 2.05) is 4.98 Å². The molecule has 0 atom stereocenters. The zero-order chi connectivity index (χ0) is 15.5. The van der Waals surface area contributed by atoms with Gasteiger partial charge in [-0.2, -0.15) is 13.2 Å². The minimum absolute atomic E-state index is 0.0212. The van der Waals surface area contributed by atoms with E-state index in [1.54, 1.807) is 0 Å². The van der Waals surface area contributed by atoms with Crippen LogP contribution in [0.4, 0.5) is 13.2 Å². The van der Waals surface area contributed by atoms with Crippen molar-refractivity contribution in [2.75, 3.05) is 0 Å². The van der Waals surface area contributed by atoms with Crippen LogP contribution < -0.4 is 0 Å². The second-order valence-corrected chi connectivity index (χ2v) is 8.40. The monoisotopic (exact) mass is 518 g/mol. The van der Waals surface area contributed by atoms with Gasteiger partial charge in [-0.1, -0.05) is 0 Å². The first-order valence-corrected chi connectivity index (χ1v) is 9.21. The van der Waals surface area contributed by atoms with Crippen LogP contribution in [0.3, 0.4) is 0 Å². The van der Waals surface area contributed by atoms with Gasteiger partial charge in [0.05, 0.1) is 14.5 Å². The van der Waals surface area contributed by atoms with E-state index in [0.717, 1.165) is 0 Å². The van der Waals surface area contributed by atoms with E-state index >= 15 is 0 Å². The normalized spacial score (nSPS) is 13.2. The molecule has 1 aromatic carbocycles. The van der Waals surface area contributed by atoms with Crippen molar-refractivity contribution in [1.82, 2.24) is 9.97 Å². The molecule has 1 N–H and O–H groups in total. The fraction of sp³-hybridized carbons (Fsp3) is 0.125. The number of alkyl halides is 3. The van der Waals surface area contributed by atoms with Gasteiger partial charge in [-0.05, 0) is 47.8 Å². The highest BCUT2D eigenvalue weighted by Gasteiger charge is 2.37. The third kappa shape index (κ3) is 2.74. The Bertz CT molecular complexity index is 819. The van der Waals surface area contributed by atoms with E-state index in [2.05, 4.69) is 52.8 Å². The van der Waals surface area contributed by atoms with Crippen molar-refractivity contribution in [2.24, 2.45) is 0 Å². The minimum Gasteiger partial charge on any atom is -0.333 e. The lowest BCUT2D eigenvalue weighted by Gasteiger charge is -2.06. The second-order valence-electron chi connectivity index (χ2n) is 3.52. The summed E-state index contributed by atoms with van der Waals surface area (Å²) in [6.07, 6.45) is -4.75. The summed E-state index contributed by atoms with van der Waals surface area (Å²) in [6, 6.07) is 0. The third-order valence-electron chi connectivity index (χ3n) is 2.24. The van der Waals surface area contributed by atoms with Crippen molar-refractivity contribution in [2.45, 2.75) is 11.1 Å². The summed E-state index contributed by atoms with van der Waals surface area (Å²) in [4.78, 5) is 4.77. The molecule has 0 fully saturated rings. The number of rotatable bonds is 1. The molecule has 1 aromatic heterocycles. The zero-order valence-electron chi connectivity index (χ0n) is 8.82. The molecule has 0 spiro atoms. The molecule has 2 aromatic rings. The standard InChI is InChI=1S/C8HBr3ClF3N2O2S/c9-1-2(10)4-5(6(3(1)11)20(12,18)19)17-7(16-4)8(13,14)15/h(H,16,17). The molecule has 4 nitrogen and oxygen atoms in total. The van der Waals surface area contributed by atoms with E-state index in [9.17, 15) is 21.6 Å². The van der Waals surface area contributed by atoms with Crippen LogP contribution in [0.25, 0.3) is 11.0 Å². The molecule has 20 heavy (non-hydrogen) atoms. The molecule has 0 aliphatic rings. The molecule has 0 unspecified atom stereocenters. The first kappa shape index (κ1) is 16.5. The maximum Gasteiger partial charge on any atom is 0.449 e. The molecular weight excluding hydrogens is 520 g/mol. The number of H-pyrrole nitrogens is 1. The Hall–Kier alpha value is 0.160. The molecule has 2 rings (SSSR count). The number of fused-ring (bicyclic) bond motifs is 1. The van der Waals surface area contributed by atoms with Crippen LogP contribution in [0.5, 0.6) is 0 Å². The summed E-state index contributed by atoms with van der Waals surface area (Å²) in [5, 5.41) is 0. The summed E-state index contributed by atoms with van der Waals surface area (Å²) in [7, 11) is 0.955. The number of halogens is 7. The molecule has 0 aliphatic heterocycles. The van der Waals surface area contributed by atoms with Gasteiger partial charge in [0.15, 0.2) is 0 Å². The van der Waals surface area contributed by atoms with Crippen molar-refractivity contribution < 1.29 is 21.6 Å². The molecule has 1 heterocycles. The maximum atomic E-state index is 12.7. The lowest BCUT2D eigenvalue weighted by molar-refractivity contribution is -0.144. The summed E-state index contributed by atoms with van der Waals surface area (Å²) in [5.74, 6) is -1.32. The van der Waals surface area contributed by atoms with Gasteiger partial charge in [-0.15, -0.1) is 0 Å². The highest BCUT2D eigenvalue weighted by Crippen LogP contribution is 2.44. The van der Waals surface area contributed by atoms with Crippen LogP contribution in [-0.2, 0) is 15.2 Å². The van der Waals surface area contributed by atoms with Crippen molar-refractivity contribution in [3.8, 4) is 0 Å². The van der Waals surface area contributed by atoms with Crippen LogP contribution in [0.15, 0.2) is 18.3 Å². The Morgan fingerprint density at radius 3 is 2.10 bits per heavy atom. The van der Waals surface area contributed by atoms with Gasteiger partial charge in [-0.3, -0.25) is 0 Å². The van der Waals surface area contributed by atoms with Gasteiger partial charge in [0.25, 0.3) is 9.05 Å². The largest absolute Gasteiger partial charge is 0.449 e. The molecule has 0 amide bonds. The van der Waals surface area contributed by atoms with Crippen LogP contribution in [0.2, 0.25) is 0 Å². The summed E-state index contributed by atoms with van der Waals surface area (Å²) >= 11 is 9.09. The van der Waals surface area contributed by atoms with Gasteiger partial charge in [-0.25, -0.2) is 13.4 Å². The average molecular weight is 521 g/mol. The molecule has 0 bridgehead atoms. The second kappa shape index (κ2) is 5.11. The third-order valence-corrected chi connectivity index (χ3v) is 7.29. The highest BCUT2D eigenvalue weighted by molar-refractivity contribution is 9.14. The molecule has 0 saturated heterocycles. The number of hydrogen-bond acceptors (Lipinski definition) is 3. The number of benzene rings is 1. The summed E-state index contributed by atoms with van der Waals surface area (Å²) < 4.78 is 61.5. The molecule has 0 aliphatic carbocycles. The van der Waals surface area contributed by atoms with Crippen molar-refractivity contribution >= 4 is 78.6 Å². The van der Waals surface area contributed by atoms with Gasteiger partial charge in [0, 0.05) is 15.2 Å². The van der Waals surface area contributed by atoms with E-state index in [-0.39, 0.29) is 18.9 Å². The predicted octanol–water partition coefficient (Wildman–Crippen LogP) is 4.80. The lowest BCUT2D eigenvalue weighted by Crippen LogP contribution is -2.07. The number of nitrogens with zero attached hydrogens (tertiary/aromatic N) is 1. The quantitative estimate of drug-likeness (QED) is 0.434. The number of hydrogen-bond donors (Lipinski definition) is 1. The molecular formula is C8HBr3ClF3N2O2S. The van der Waals surface area contributed by atoms with Crippen LogP contribution >= 0.6 is 58.5 Å². The van der Waals surface area contributed by atoms with E-state index in [4.69, 9.17) is 10.7 Å². The van der Waals surface area contributed by atoms with E-state index in [1.165, 1.54) is 0 Å². The number of imidazole rings is 1. The van der Waals surface area contributed by atoms with E-state index in [0.29, 0.717) is 0 Å². The summed E-state index contributed by atoms with van der Waals surface area (Å²) in [6.45, 7) is 0. The van der Waals surface area contributed by atoms with Gasteiger partial charge in [0.2, 0.25) is 5.82 Å². The topological polar surface area (TPSA) is 62.8 Å². The molecule has 110 valence electrons. The van der Waals surface area contributed by atoms with Crippen LogP contribution in [0, 0.1) is 0 Å². The van der Waals surface area contributed by atoms with Gasteiger partial charge in [0.1, 0.15) is 10.4 Å². The van der Waals surface area contributed by atoms with Crippen molar-refractivity contribution in [3.05, 3.63) is 19.2 Å². The minimum atomic E-state index is -4.75. The molecule has 0 radical (unpaired) electrons. The number of nitrogens with one attached hydrogen (secondary N) is 1. The van der Waals surface area contributed by atoms with Crippen LogP contribution in [-0.4, -0.2) is 18.4 Å². The van der Waals surface area contributed by atoms with Crippen LogP contribution in [0.1, 0.15) is 5.82 Å². The Morgan fingerprint density at radius 1 is 1.10 bits per heavy atom. The smallest absolute Gasteiger partial charge is 0.333 e. The van der Waals surface area contributed by atoms with Gasteiger partial charge < -0.3 is 4.98 Å². The Morgan fingerprint density at radius 2 is 1.65 bits per heavy atom.